The molecule has 0 rings (SSSR count). The zero-order valence-electron chi connectivity index (χ0n) is 9.88. The molecule has 0 aromatic heterocycles. The van der Waals surface area contributed by atoms with Gasteiger partial charge < -0.3 is 36.0 Å². The molecule has 0 aromatic carbocycles. The maximum absolute atomic E-state index is 11.0. The lowest BCUT2D eigenvalue weighted by Gasteiger charge is -2.25. The normalized spacial score (nSPS) is 17.7. The highest BCUT2D eigenvalue weighted by molar-refractivity contribution is 5.93. The lowest BCUT2D eigenvalue weighted by atomic mass is 10.0. The molecule has 19 heavy (non-hydrogen) atoms. The number of nitrogens with one attached hydrogen (secondary N) is 1. The summed E-state index contributed by atoms with van der Waals surface area (Å²) in [5, 5.41) is 56.0. The Hall–Kier alpha value is -1.52. The van der Waals surface area contributed by atoms with Gasteiger partial charge in [0.15, 0.2) is 0 Å². The molecule has 0 saturated heterocycles. The van der Waals surface area contributed by atoms with Crippen molar-refractivity contribution in [1.29, 1.82) is 0 Å². The number of hydrogen-bond acceptors (Lipinski definition) is 7. The molecule has 0 saturated carbocycles. The third-order valence-electron chi connectivity index (χ3n) is 2.19. The Balaban J connectivity index is 4.20. The summed E-state index contributed by atoms with van der Waals surface area (Å²) in [6, 6.07) is 0. The fourth-order valence-corrected chi connectivity index (χ4v) is 1.10. The van der Waals surface area contributed by atoms with Crippen LogP contribution in [0.15, 0.2) is 12.2 Å². The molecule has 0 aromatic rings. The van der Waals surface area contributed by atoms with E-state index >= 15 is 0 Å². The number of carboxylic acid groups (broad SMARTS) is 1. The van der Waals surface area contributed by atoms with Crippen LogP contribution in [0.5, 0.6) is 0 Å². The van der Waals surface area contributed by atoms with Gasteiger partial charge in [-0.3, -0.25) is 4.79 Å². The number of aliphatic hydroxyl groups is 5. The maximum Gasteiger partial charge on any atom is 0.328 e. The second kappa shape index (κ2) is 8.56. The minimum absolute atomic E-state index is 0.473. The van der Waals surface area contributed by atoms with E-state index in [9.17, 15) is 24.9 Å². The monoisotopic (exact) mass is 279 g/mol. The van der Waals surface area contributed by atoms with Crippen LogP contribution in [0.2, 0.25) is 0 Å². The molecule has 0 heterocycles. The van der Waals surface area contributed by atoms with Gasteiger partial charge in [-0.2, -0.15) is 0 Å². The number of aliphatic carboxylic acids is 1. The van der Waals surface area contributed by atoms with Gasteiger partial charge in [0.25, 0.3) is 0 Å². The third kappa shape index (κ3) is 6.84. The van der Waals surface area contributed by atoms with Crippen molar-refractivity contribution in [2.45, 2.75) is 24.4 Å². The van der Waals surface area contributed by atoms with Gasteiger partial charge in [-0.05, 0) is 0 Å². The van der Waals surface area contributed by atoms with Crippen LogP contribution in [0.3, 0.4) is 0 Å². The first-order chi connectivity index (χ1) is 8.79. The smallest absolute Gasteiger partial charge is 0.328 e. The number of carboxylic acids is 1. The first-order valence-electron chi connectivity index (χ1n) is 5.31. The van der Waals surface area contributed by atoms with Crippen molar-refractivity contribution in [3.05, 3.63) is 12.2 Å². The van der Waals surface area contributed by atoms with Crippen LogP contribution in [0, 0.1) is 0 Å². The summed E-state index contributed by atoms with van der Waals surface area (Å²) in [5.41, 5.74) is 0. The van der Waals surface area contributed by atoms with Crippen LogP contribution in [-0.2, 0) is 9.59 Å². The van der Waals surface area contributed by atoms with Gasteiger partial charge in [-0.15, -0.1) is 0 Å². The summed E-state index contributed by atoms with van der Waals surface area (Å²) in [4.78, 5) is 21.1. The van der Waals surface area contributed by atoms with Gasteiger partial charge >= 0.3 is 5.97 Å². The predicted octanol–water partition coefficient (Wildman–Crippen LogP) is -3.82. The Morgan fingerprint density at radius 2 is 1.53 bits per heavy atom. The van der Waals surface area contributed by atoms with E-state index in [1.165, 1.54) is 0 Å². The standard InChI is InChI=1S/C10H17NO8/c12-4-6(14)10(19)9(18)5(13)3-11-7(15)1-2-8(16)17/h1-2,5-6,9-10,12-14,18-19H,3-4H2,(H,11,15)(H,16,17)/b2-1+/t5-,6+,9+,10+/m0/s1. The molecule has 0 fully saturated rings. The molecule has 9 nitrogen and oxygen atoms in total. The van der Waals surface area contributed by atoms with Crippen molar-refractivity contribution in [3.8, 4) is 0 Å². The van der Waals surface area contributed by atoms with E-state index in [0.29, 0.717) is 12.2 Å². The van der Waals surface area contributed by atoms with Gasteiger partial charge in [-0.1, -0.05) is 0 Å². The largest absolute Gasteiger partial charge is 0.478 e. The Kier molecular flexibility index (Phi) is 7.87. The van der Waals surface area contributed by atoms with Crippen LogP contribution < -0.4 is 5.32 Å². The predicted molar refractivity (Wildman–Crippen MR) is 60.9 cm³/mol. The molecule has 0 bridgehead atoms. The fourth-order valence-electron chi connectivity index (χ4n) is 1.10. The van der Waals surface area contributed by atoms with Crippen LogP contribution in [-0.4, -0.2) is 80.1 Å². The molecule has 1 amide bonds. The molecular weight excluding hydrogens is 262 g/mol. The molecule has 110 valence electrons. The zero-order valence-corrected chi connectivity index (χ0v) is 9.88. The van der Waals surface area contributed by atoms with Gasteiger partial charge in [0.2, 0.25) is 5.91 Å². The molecule has 7 N–H and O–H groups in total. The van der Waals surface area contributed by atoms with Crippen molar-refractivity contribution < 1.29 is 40.2 Å². The van der Waals surface area contributed by atoms with Crippen molar-refractivity contribution in [3.63, 3.8) is 0 Å². The van der Waals surface area contributed by atoms with Gasteiger partial charge in [0.1, 0.15) is 18.3 Å². The fraction of sp³-hybridized carbons (Fsp3) is 0.600. The summed E-state index contributed by atoms with van der Waals surface area (Å²) < 4.78 is 0. The molecule has 0 aliphatic heterocycles. The molecule has 4 atom stereocenters. The lowest BCUT2D eigenvalue weighted by Crippen LogP contribution is -2.49. The maximum atomic E-state index is 11.0. The number of aliphatic hydroxyl groups excluding tert-OH is 5. The Labute approximate surface area is 108 Å². The highest BCUT2D eigenvalue weighted by atomic mass is 16.4. The average molecular weight is 279 g/mol. The summed E-state index contributed by atoms with van der Waals surface area (Å²) >= 11 is 0. The molecule has 0 aliphatic rings. The van der Waals surface area contributed by atoms with E-state index in [4.69, 9.17) is 15.3 Å². The second-order valence-electron chi connectivity index (χ2n) is 3.72. The first-order valence-corrected chi connectivity index (χ1v) is 5.31. The molecular formula is C10H17NO8. The van der Waals surface area contributed by atoms with Crippen molar-refractivity contribution in [2.24, 2.45) is 0 Å². The molecule has 9 heteroatoms. The SMILES string of the molecule is O=C(O)/C=C/C(=O)NC[C@H](O)[C@@H](O)[C@H](O)[C@H](O)CO. The van der Waals surface area contributed by atoms with E-state index in [1.54, 1.807) is 0 Å². The number of hydrogen-bond donors (Lipinski definition) is 7. The minimum Gasteiger partial charge on any atom is -0.478 e. The van der Waals surface area contributed by atoms with E-state index in [1.807, 2.05) is 0 Å². The summed E-state index contributed by atoms with van der Waals surface area (Å²) in [7, 11) is 0. The number of carbonyl (C=O) groups is 2. The molecule has 0 radical (unpaired) electrons. The molecule has 0 unspecified atom stereocenters. The van der Waals surface area contributed by atoms with Crippen LogP contribution in [0.25, 0.3) is 0 Å². The van der Waals surface area contributed by atoms with E-state index < -0.39 is 49.4 Å². The average Bonchev–Trinajstić information content (AvgIpc) is 2.39. The minimum atomic E-state index is -1.79. The van der Waals surface area contributed by atoms with Crippen LogP contribution in [0.1, 0.15) is 0 Å². The quantitative estimate of drug-likeness (QED) is 0.222. The highest BCUT2D eigenvalue weighted by Gasteiger charge is 2.29. The van der Waals surface area contributed by atoms with E-state index in [2.05, 4.69) is 5.32 Å². The van der Waals surface area contributed by atoms with E-state index in [0.717, 1.165) is 0 Å². The number of amides is 1. The number of rotatable bonds is 8. The van der Waals surface area contributed by atoms with Crippen molar-refractivity contribution in [2.75, 3.05) is 13.2 Å². The topological polar surface area (TPSA) is 168 Å². The molecule has 0 spiro atoms. The second-order valence-corrected chi connectivity index (χ2v) is 3.72. The van der Waals surface area contributed by atoms with Crippen molar-refractivity contribution in [1.82, 2.24) is 5.32 Å². The molecule has 0 aliphatic carbocycles. The summed E-state index contributed by atoms with van der Waals surface area (Å²) in [6.45, 7) is -1.28. The summed E-state index contributed by atoms with van der Waals surface area (Å²) in [6.07, 6.45) is -5.51. The third-order valence-corrected chi connectivity index (χ3v) is 2.19. The van der Waals surface area contributed by atoms with Crippen molar-refractivity contribution >= 4 is 11.9 Å². The lowest BCUT2D eigenvalue weighted by molar-refractivity contribution is -0.131. The Morgan fingerprint density at radius 1 is 1.00 bits per heavy atom. The first kappa shape index (κ1) is 17.5. The number of carbonyl (C=O) groups excluding carboxylic acids is 1. The zero-order chi connectivity index (χ0) is 15.0. The Bertz CT molecular complexity index is 331. The van der Waals surface area contributed by atoms with Gasteiger partial charge in [-0.25, -0.2) is 4.79 Å². The Morgan fingerprint density at radius 3 is 2.00 bits per heavy atom. The van der Waals surface area contributed by atoms with E-state index in [-0.39, 0.29) is 0 Å². The van der Waals surface area contributed by atoms with Gasteiger partial charge in [0.05, 0.1) is 12.7 Å². The van der Waals surface area contributed by atoms with Gasteiger partial charge in [0, 0.05) is 18.7 Å². The van der Waals surface area contributed by atoms with Crippen LogP contribution >= 0.6 is 0 Å². The summed E-state index contributed by atoms with van der Waals surface area (Å²) in [5.74, 6) is -2.14. The van der Waals surface area contributed by atoms with Crippen LogP contribution in [0.4, 0.5) is 0 Å². The highest BCUT2D eigenvalue weighted by Crippen LogP contribution is 2.04.